The molecule has 0 atom stereocenters. The standard InChI is InChI=1S/C22H23N5O2/c1-26(2)21-16-10-11-27(22(28)19-12-17(25-29-19)14-8-9-14)13-18(16)23-20(24-21)15-6-4-3-5-7-15/h3-7,12,14H,8-11,13H2,1-2H3. The number of amides is 1. The number of rotatable bonds is 4. The number of hydrogen-bond donors (Lipinski definition) is 0. The number of hydrogen-bond acceptors (Lipinski definition) is 6. The minimum atomic E-state index is -0.124. The van der Waals surface area contributed by atoms with E-state index in [1.807, 2.05) is 49.3 Å². The zero-order chi connectivity index (χ0) is 20.0. The first-order valence-corrected chi connectivity index (χ1v) is 9.98. The summed E-state index contributed by atoms with van der Waals surface area (Å²) in [5, 5.41) is 4.07. The van der Waals surface area contributed by atoms with Gasteiger partial charge in [0.2, 0.25) is 5.76 Å². The Kier molecular flexibility index (Phi) is 4.30. The normalized spacial score (nSPS) is 15.9. The Morgan fingerprint density at radius 1 is 1.17 bits per heavy atom. The van der Waals surface area contributed by atoms with Gasteiger partial charge in [0.1, 0.15) is 5.82 Å². The summed E-state index contributed by atoms with van der Waals surface area (Å²) in [4.78, 5) is 26.4. The molecule has 2 aliphatic rings. The van der Waals surface area contributed by atoms with Crippen molar-refractivity contribution in [2.75, 3.05) is 25.5 Å². The van der Waals surface area contributed by atoms with Crippen molar-refractivity contribution in [3.05, 3.63) is 59.1 Å². The van der Waals surface area contributed by atoms with E-state index in [1.165, 1.54) is 0 Å². The van der Waals surface area contributed by atoms with Crippen LogP contribution < -0.4 is 4.90 Å². The van der Waals surface area contributed by atoms with Crippen LogP contribution in [-0.4, -0.2) is 46.6 Å². The third-order valence-corrected chi connectivity index (χ3v) is 5.52. The summed E-state index contributed by atoms with van der Waals surface area (Å²) in [5.41, 5.74) is 3.86. The number of fused-ring (bicyclic) bond motifs is 1. The van der Waals surface area contributed by atoms with E-state index in [2.05, 4.69) is 5.16 Å². The Bertz CT molecular complexity index is 1060. The van der Waals surface area contributed by atoms with Crippen molar-refractivity contribution in [3.8, 4) is 11.4 Å². The average molecular weight is 389 g/mol. The fraction of sp³-hybridized carbons (Fsp3) is 0.364. The molecule has 7 nitrogen and oxygen atoms in total. The molecule has 7 heteroatoms. The van der Waals surface area contributed by atoms with Crippen LogP contribution in [0.4, 0.5) is 5.82 Å². The van der Waals surface area contributed by atoms with E-state index in [9.17, 15) is 4.79 Å². The maximum atomic E-state index is 13.0. The van der Waals surface area contributed by atoms with Gasteiger partial charge in [-0.25, -0.2) is 9.97 Å². The van der Waals surface area contributed by atoms with Crippen LogP contribution in [0.1, 0.15) is 46.3 Å². The number of aromatic nitrogens is 3. The summed E-state index contributed by atoms with van der Waals surface area (Å²) in [6, 6.07) is 11.7. The van der Waals surface area contributed by atoms with E-state index < -0.39 is 0 Å². The van der Waals surface area contributed by atoms with Crippen molar-refractivity contribution in [1.29, 1.82) is 0 Å². The molecule has 1 aliphatic heterocycles. The Labute approximate surface area is 169 Å². The van der Waals surface area contributed by atoms with Crippen molar-refractivity contribution in [2.24, 2.45) is 0 Å². The van der Waals surface area contributed by atoms with Crippen molar-refractivity contribution < 1.29 is 9.32 Å². The molecule has 0 bridgehead atoms. The quantitative estimate of drug-likeness (QED) is 0.682. The highest BCUT2D eigenvalue weighted by Gasteiger charge is 2.31. The Morgan fingerprint density at radius 2 is 1.97 bits per heavy atom. The minimum absolute atomic E-state index is 0.124. The molecule has 1 aliphatic carbocycles. The van der Waals surface area contributed by atoms with Crippen molar-refractivity contribution >= 4 is 11.7 Å². The Morgan fingerprint density at radius 3 is 2.69 bits per heavy atom. The number of benzene rings is 1. The van der Waals surface area contributed by atoms with Gasteiger partial charge in [-0.1, -0.05) is 35.5 Å². The summed E-state index contributed by atoms with van der Waals surface area (Å²) in [5.74, 6) is 2.25. The van der Waals surface area contributed by atoms with Crippen molar-refractivity contribution in [1.82, 2.24) is 20.0 Å². The lowest BCUT2D eigenvalue weighted by molar-refractivity contribution is 0.0689. The average Bonchev–Trinajstić information content (AvgIpc) is 3.49. The number of nitrogens with zero attached hydrogens (tertiary/aromatic N) is 5. The maximum Gasteiger partial charge on any atom is 0.292 e. The van der Waals surface area contributed by atoms with Crippen LogP contribution in [0.25, 0.3) is 11.4 Å². The van der Waals surface area contributed by atoms with Gasteiger partial charge in [-0.3, -0.25) is 4.79 Å². The summed E-state index contributed by atoms with van der Waals surface area (Å²) >= 11 is 0. The van der Waals surface area contributed by atoms with Crippen LogP contribution in [0.15, 0.2) is 40.9 Å². The highest BCUT2D eigenvalue weighted by atomic mass is 16.5. The van der Waals surface area contributed by atoms with Gasteiger partial charge in [0.05, 0.1) is 17.9 Å². The molecule has 29 heavy (non-hydrogen) atoms. The summed E-state index contributed by atoms with van der Waals surface area (Å²) in [6.07, 6.45) is 2.97. The van der Waals surface area contributed by atoms with Crippen LogP contribution in [0.5, 0.6) is 0 Å². The molecule has 3 heterocycles. The second-order valence-corrected chi connectivity index (χ2v) is 7.92. The van der Waals surface area contributed by atoms with E-state index in [-0.39, 0.29) is 5.91 Å². The summed E-state index contributed by atoms with van der Waals surface area (Å²) in [6.45, 7) is 1.05. The van der Waals surface area contributed by atoms with Crippen molar-refractivity contribution in [2.45, 2.75) is 31.7 Å². The zero-order valence-electron chi connectivity index (χ0n) is 16.6. The van der Waals surface area contributed by atoms with Gasteiger partial charge in [0, 0.05) is 43.8 Å². The minimum Gasteiger partial charge on any atom is -0.362 e. The van der Waals surface area contributed by atoms with E-state index in [0.717, 1.165) is 41.2 Å². The fourth-order valence-electron chi connectivity index (χ4n) is 3.79. The van der Waals surface area contributed by atoms with Crippen LogP contribution in [0, 0.1) is 0 Å². The molecule has 5 rings (SSSR count). The predicted molar refractivity (Wildman–Crippen MR) is 109 cm³/mol. The van der Waals surface area contributed by atoms with Crippen LogP contribution in [0.3, 0.4) is 0 Å². The molecule has 1 aromatic carbocycles. The lowest BCUT2D eigenvalue weighted by Gasteiger charge is -2.30. The third kappa shape index (κ3) is 3.37. The van der Waals surface area contributed by atoms with Gasteiger partial charge < -0.3 is 14.3 Å². The highest BCUT2D eigenvalue weighted by Crippen LogP contribution is 2.39. The monoisotopic (exact) mass is 389 g/mol. The first-order valence-electron chi connectivity index (χ1n) is 9.98. The van der Waals surface area contributed by atoms with Gasteiger partial charge in [-0.15, -0.1) is 0 Å². The Balaban J connectivity index is 1.46. The maximum absolute atomic E-state index is 13.0. The predicted octanol–water partition coefficient (Wildman–Crippen LogP) is 3.27. The van der Waals surface area contributed by atoms with Gasteiger partial charge >= 0.3 is 0 Å². The zero-order valence-corrected chi connectivity index (χ0v) is 16.6. The van der Waals surface area contributed by atoms with Crippen LogP contribution in [-0.2, 0) is 13.0 Å². The summed E-state index contributed by atoms with van der Waals surface area (Å²) in [7, 11) is 3.98. The highest BCUT2D eigenvalue weighted by molar-refractivity contribution is 5.91. The van der Waals surface area contributed by atoms with Crippen LogP contribution >= 0.6 is 0 Å². The molecular formula is C22H23N5O2. The second kappa shape index (κ2) is 6.99. The van der Waals surface area contributed by atoms with Crippen LogP contribution in [0.2, 0.25) is 0 Å². The third-order valence-electron chi connectivity index (χ3n) is 5.52. The molecule has 2 aromatic heterocycles. The van der Waals surface area contributed by atoms with E-state index in [4.69, 9.17) is 14.5 Å². The van der Waals surface area contributed by atoms with Gasteiger partial charge in [0.25, 0.3) is 5.91 Å². The summed E-state index contributed by atoms with van der Waals surface area (Å²) < 4.78 is 5.34. The molecule has 3 aromatic rings. The molecule has 0 radical (unpaired) electrons. The van der Waals surface area contributed by atoms with Gasteiger partial charge in [0.15, 0.2) is 5.82 Å². The van der Waals surface area contributed by atoms with Crippen molar-refractivity contribution in [3.63, 3.8) is 0 Å². The topological polar surface area (TPSA) is 75.4 Å². The molecule has 1 fully saturated rings. The molecule has 0 N–H and O–H groups in total. The Hall–Kier alpha value is -3.22. The first-order chi connectivity index (χ1) is 14.1. The molecule has 0 saturated heterocycles. The molecule has 0 spiro atoms. The van der Waals surface area contributed by atoms with Gasteiger partial charge in [-0.05, 0) is 19.3 Å². The molecule has 148 valence electrons. The largest absolute Gasteiger partial charge is 0.362 e. The fourth-order valence-corrected chi connectivity index (χ4v) is 3.79. The van der Waals surface area contributed by atoms with E-state index in [1.54, 1.807) is 11.0 Å². The van der Waals surface area contributed by atoms with Gasteiger partial charge in [-0.2, -0.15) is 0 Å². The SMILES string of the molecule is CN(C)c1nc(-c2ccccc2)nc2c1CCN(C(=O)c1cc(C3CC3)no1)C2. The van der Waals surface area contributed by atoms with E-state index >= 15 is 0 Å². The first kappa shape index (κ1) is 17.8. The molecule has 1 amide bonds. The smallest absolute Gasteiger partial charge is 0.292 e. The molecule has 1 saturated carbocycles. The molecule has 0 unspecified atom stereocenters. The van der Waals surface area contributed by atoms with E-state index in [0.29, 0.717) is 37.0 Å². The lowest BCUT2D eigenvalue weighted by atomic mass is 10.0. The number of carbonyl (C=O) groups is 1. The number of carbonyl (C=O) groups excluding carboxylic acids is 1. The lowest BCUT2D eigenvalue weighted by Crippen LogP contribution is -2.37. The number of anilines is 1. The molecular weight excluding hydrogens is 366 g/mol. The second-order valence-electron chi connectivity index (χ2n) is 7.92.